The van der Waals surface area contributed by atoms with Crippen molar-refractivity contribution in [3.8, 4) is 0 Å². The second-order valence-corrected chi connectivity index (χ2v) is 7.72. The molecule has 0 bridgehead atoms. The lowest BCUT2D eigenvalue weighted by atomic mass is 10.0. The summed E-state index contributed by atoms with van der Waals surface area (Å²) in [5.74, 6) is -0.276. The number of hydrogen-bond acceptors (Lipinski definition) is 3. The summed E-state index contributed by atoms with van der Waals surface area (Å²) in [6.45, 7) is 12.4. The molecule has 2 heterocycles. The highest BCUT2D eigenvalue weighted by Gasteiger charge is 2.27. The van der Waals surface area contributed by atoms with Crippen molar-refractivity contribution in [2.24, 2.45) is 0 Å². The van der Waals surface area contributed by atoms with E-state index in [1.165, 1.54) is 12.3 Å². The molecule has 0 fully saturated rings. The molecule has 1 aliphatic heterocycles. The largest absolute Gasteiger partial charge is 0.619 e. The number of anilines is 3. The molecule has 5 nitrogen and oxygen atoms in total. The Kier molecular flexibility index (Phi) is 5.23. The predicted molar refractivity (Wildman–Crippen MR) is 117 cm³/mol. The maximum Gasteiger partial charge on any atom is 0.207 e. The van der Waals surface area contributed by atoms with Crippen molar-refractivity contribution in [1.82, 2.24) is 0 Å². The summed E-state index contributed by atoms with van der Waals surface area (Å²) in [6, 6.07) is 10.2. The van der Waals surface area contributed by atoms with Crippen LogP contribution in [0.1, 0.15) is 23.6 Å². The summed E-state index contributed by atoms with van der Waals surface area (Å²) in [5, 5.41) is 12.1. The third kappa shape index (κ3) is 3.53. The minimum Gasteiger partial charge on any atom is -0.619 e. The van der Waals surface area contributed by atoms with Crippen LogP contribution >= 0.6 is 11.6 Å². The molecule has 2 aromatic carbocycles. The Morgan fingerprint density at radius 3 is 2.70 bits per heavy atom. The number of pyridine rings is 1. The molecule has 0 N–H and O–H groups in total. The van der Waals surface area contributed by atoms with Gasteiger partial charge in [0.05, 0.1) is 18.9 Å². The van der Waals surface area contributed by atoms with Crippen LogP contribution in [0.4, 0.5) is 27.1 Å². The number of nitrogens with zero attached hydrogens (tertiary/aromatic N) is 4. The Labute approximate surface area is 179 Å². The zero-order valence-corrected chi connectivity index (χ0v) is 17.4. The summed E-state index contributed by atoms with van der Waals surface area (Å²) in [5.41, 5.74) is 5.79. The van der Waals surface area contributed by atoms with Crippen molar-refractivity contribution in [3.63, 3.8) is 0 Å². The highest BCUT2D eigenvalue weighted by molar-refractivity contribution is 6.33. The molecule has 0 saturated heterocycles. The lowest BCUT2D eigenvalue weighted by Crippen LogP contribution is -2.41. The molecule has 0 atom stereocenters. The Morgan fingerprint density at radius 1 is 1.20 bits per heavy atom. The number of rotatable bonds is 3. The molecule has 4 rings (SSSR count). The molecule has 0 saturated carbocycles. The summed E-state index contributed by atoms with van der Waals surface area (Å²) in [4.78, 5) is 7.77. The fourth-order valence-electron chi connectivity index (χ4n) is 3.96. The van der Waals surface area contributed by atoms with Crippen LogP contribution in [0, 0.1) is 24.5 Å². The van der Waals surface area contributed by atoms with Crippen molar-refractivity contribution >= 4 is 34.4 Å². The smallest absolute Gasteiger partial charge is 0.207 e. The Balaban J connectivity index is 1.89. The SMILES string of the molecule is [C-]#[N+]c1cc2c(cc1Cl)CN(c1cc[n+]([O-])cc1C)CN2c1ccc(F)cc1CC. The molecule has 0 aliphatic carbocycles. The highest BCUT2D eigenvalue weighted by atomic mass is 35.5. The van der Waals surface area contributed by atoms with E-state index in [4.69, 9.17) is 18.2 Å². The van der Waals surface area contributed by atoms with Gasteiger partial charge in [-0.1, -0.05) is 18.5 Å². The molecule has 152 valence electrons. The van der Waals surface area contributed by atoms with Gasteiger partial charge in [0.1, 0.15) is 5.82 Å². The van der Waals surface area contributed by atoms with E-state index in [1.54, 1.807) is 30.5 Å². The highest BCUT2D eigenvalue weighted by Crippen LogP contribution is 2.42. The van der Waals surface area contributed by atoms with Gasteiger partial charge in [-0.05, 0) is 54.8 Å². The van der Waals surface area contributed by atoms with Crippen molar-refractivity contribution in [2.75, 3.05) is 16.5 Å². The van der Waals surface area contributed by atoms with E-state index in [-0.39, 0.29) is 5.82 Å². The number of fused-ring (bicyclic) bond motifs is 1. The van der Waals surface area contributed by atoms with E-state index in [1.807, 2.05) is 19.9 Å². The minimum atomic E-state index is -0.276. The Bertz CT molecular complexity index is 1170. The van der Waals surface area contributed by atoms with Gasteiger partial charge < -0.3 is 15.0 Å². The van der Waals surface area contributed by atoms with E-state index in [2.05, 4.69) is 14.6 Å². The average Bonchev–Trinajstić information content (AvgIpc) is 2.72. The number of benzene rings is 2. The summed E-state index contributed by atoms with van der Waals surface area (Å²) < 4.78 is 14.7. The zero-order chi connectivity index (χ0) is 21.4. The fraction of sp³-hybridized carbons (Fsp3) is 0.217. The summed E-state index contributed by atoms with van der Waals surface area (Å²) >= 11 is 6.34. The quantitative estimate of drug-likeness (QED) is 0.311. The molecule has 0 unspecified atom stereocenters. The van der Waals surface area contributed by atoms with Crippen LogP contribution in [-0.4, -0.2) is 6.67 Å². The maximum absolute atomic E-state index is 13.9. The predicted octanol–water partition coefficient (Wildman–Crippen LogP) is 5.65. The molecule has 1 aliphatic rings. The molecular formula is C23H20ClFN4O. The van der Waals surface area contributed by atoms with E-state index in [0.29, 0.717) is 30.3 Å². The van der Waals surface area contributed by atoms with E-state index >= 15 is 0 Å². The molecule has 1 aromatic heterocycles. The van der Waals surface area contributed by atoms with E-state index in [0.717, 1.165) is 38.5 Å². The van der Waals surface area contributed by atoms with Gasteiger partial charge in [0, 0.05) is 34.6 Å². The van der Waals surface area contributed by atoms with Gasteiger partial charge in [-0.15, -0.1) is 0 Å². The molecule has 7 heteroatoms. The Morgan fingerprint density at radius 2 is 2.00 bits per heavy atom. The minimum absolute atomic E-state index is 0.276. The van der Waals surface area contributed by atoms with Gasteiger partial charge in [0.2, 0.25) is 5.69 Å². The van der Waals surface area contributed by atoms with Crippen LogP contribution in [0.5, 0.6) is 0 Å². The molecule has 30 heavy (non-hydrogen) atoms. The molecule has 0 amide bonds. The lowest BCUT2D eigenvalue weighted by molar-refractivity contribution is -0.605. The number of halogens is 2. The average molecular weight is 423 g/mol. The first kappa shape index (κ1) is 20.0. The van der Waals surface area contributed by atoms with Gasteiger partial charge in [-0.3, -0.25) is 0 Å². The summed E-state index contributed by atoms with van der Waals surface area (Å²) in [7, 11) is 0. The zero-order valence-electron chi connectivity index (χ0n) is 16.7. The monoisotopic (exact) mass is 422 g/mol. The topological polar surface area (TPSA) is 37.8 Å². The van der Waals surface area contributed by atoms with Crippen LogP contribution in [0.15, 0.2) is 48.8 Å². The second-order valence-electron chi connectivity index (χ2n) is 7.31. The van der Waals surface area contributed by atoms with Crippen LogP contribution < -0.4 is 14.5 Å². The van der Waals surface area contributed by atoms with Gasteiger partial charge in [-0.2, -0.15) is 4.73 Å². The van der Waals surface area contributed by atoms with Gasteiger partial charge in [0.15, 0.2) is 12.4 Å². The van der Waals surface area contributed by atoms with Crippen LogP contribution in [0.2, 0.25) is 5.02 Å². The maximum atomic E-state index is 13.9. The number of aryl methyl sites for hydroxylation is 2. The van der Waals surface area contributed by atoms with Crippen LogP contribution in [0.3, 0.4) is 0 Å². The molecular weight excluding hydrogens is 403 g/mol. The van der Waals surface area contributed by atoms with Gasteiger partial charge in [0.25, 0.3) is 0 Å². The lowest BCUT2D eigenvalue weighted by Gasteiger charge is -2.41. The van der Waals surface area contributed by atoms with Crippen molar-refractivity contribution in [1.29, 1.82) is 0 Å². The first-order valence-corrected chi connectivity index (χ1v) is 9.99. The fourth-order valence-corrected chi connectivity index (χ4v) is 4.18. The van der Waals surface area contributed by atoms with Crippen molar-refractivity contribution in [2.45, 2.75) is 26.8 Å². The first-order chi connectivity index (χ1) is 14.4. The molecule has 3 aromatic rings. The second kappa shape index (κ2) is 7.85. The number of hydrogen-bond donors (Lipinski definition) is 0. The van der Waals surface area contributed by atoms with Crippen molar-refractivity contribution < 1.29 is 9.12 Å². The Hall–Kier alpha value is -3.30. The van der Waals surface area contributed by atoms with Crippen molar-refractivity contribution in [3.05, 3.63) is 92.9 Å². The normalized spacial score (nSPS) is 13.2. The third-order valence-corrected chi connectivity index (χ3v) is 5.69. The van der Waals surface area contributed by atoms with Gasteiger partial charge in [-0.25, -0.2) is 9.24 Å². The molecule has 0 radical (unpaired) electrons. The van der Waals surface area contributed by atoms with E-state index < -0.39 is 0 Å². The third-order valence-electron chi connectivity index (χ3n) is 5.39. The number of aromatic nitrogens is 1. The van der Waals surface area contributed by atoms with Crippen LogP contribution in [-0.2, 0) is 13.0 Å². The summed E-state index contributed by atoms with van der Waals surface area (Å²) in [6.07, 6.45) is 3.69. The first-order valence-electron chi connectivity index (χ1n) is 9.61. The van der Waals surface area contributed by atoms with Crippen LogP contribution in [0.25, 0.3) is 4.85 Å². The van der Waals surface area contributed by atoms with E-state index in [9.17, 15) is 9.60 Å². The molecule has 0 spiro atoms. The van der Waals surface area contributed by atoms with Gasteiger partial charge >= 0.3 is 0 Å². The standard InChI is InChI=1S/C23H20ClFN4O/c1-4-16-9-18(25)5-6-22(16)29-14-27(21-7-8-28(30)12-15(21)2)13-17-10-19(24)20(26-3)11-23(17)29/h5-12H,4,13-14H2,1-2H3.